The van der Waals surface area contributed by atoms with Crippen LogP contribution in [0.1, 0.15) is 60.3 Å². The largest absolute Gasteiger partial charge is 0.507 e. The van der Waals surface area contributed by atoms with Crippen molar-refractivity contribution in [3.05, 3.63) is 125 Å². The maximum atomic E-state index is 14.5. The Morgan fingerprint density at radius 3 is 2.06 bits per heavy atom. The van der Waals surface area contributed by atoms with Crippen molar-refractivity contribution in [2.75, 3.05) is 62.2 Å². The van der Waals surface area contributed by atoms with Gasteiger partial charge in [-0.05, 0) is 68.3 Å². The number of aliphatic imine (C=N–C) groups is 1. The molecule has 8 heteroatoms. The second kappa shape index (κ2) is 14.5. The Kier molecular flexibility index (Phi) is 9.69. The van der Waals surface area contributed by atoms with E-state index in [1.54, 1.807) is 12.3 Å². The molecule has 1 spiro atoms. The molecule has 2 aliphatic rings. The van der Waals surface area contributed by atoms with Crippen LogP contribution in [0.4, 0.5) is 11.4 Å². The molecule has 0 saturated heterocycles. The molecular formula is C43H47N5O3. The molecule has 2 N–H and O–H groups in total. The lowest BCUT2D eigenvalue weighted by atomic mass is 9.74. The molecular weight excluding hydrogens is 635 g/mol. The third-order valence-electron chi connectivity index (χ3n) is 10.5. The summed E-state index contributed by atoms with van der Waals surface area (Å²) in [6, 6.07) is 32.6. The van der Waals surface area contributed by atoms with Crippen molar-refractivity contribution < 1.29 is 14.6 Å². The van der Waals surface area contributed by atoms with Gasteiger partial charge in [0, 0.05) is 97.8 Å². The molecule has 0 unspecified atom stereocenters. The Morgan fingerprint density at radius 2 is 1.39 bits per heavy atom. The van der Waals surface area contributed by atoms with Crippen molar-refractivity contribution >= 4 is 34.3 Å². The van der Waals surface area contributed by atoms with Crippen LogP contribution in [0.25, 0.3) is 10.8 Å². The van der Waals surface area contributed by atoms with Crippen molar-refractivity contribution in [3.63, 3.8) is 0 Å². The molecule has 1 amide bonds. The van der Waals surface area contributed by atoms with E-state index in [1.165, 1.54) is 0 Å². The lowest BCUT2D eigenvalue weighted by molar-refractivity contribution is 0.0668. The third kappa shape index (κ3) is 5.87. The molecule has 0 saturated carbocycles. The number of nitrogens with one attached hydrogen (secondary N) is 1. The van der Waals surface area contributed by atoms with Gasteiger partial charge in [0.1, 0.15) is 22.8 Å². The van der Waals surface area contributed by atoms with Crippen LogP contribution in [-0.2, 0) is 5.54 Å². The van der Waals surface area contributed by atoms with Gasteiger partial charge in [0.15, 0.2) is 0 Å². The number of phenols is 1. The standard InChI is InChI=1S/C43H47N5O3/c1-5-46(6-2)31-18-20-37-40(27-31)51-41-28-32(47(7-3)8-4)19-21-38(41)43(37)36-16-12-11-15-34(36)42(50)48(43)26-25-44-23-24-45-29-35-33-14-10-9-13-30(33)17-22-39(35)49/h9-22,27-29,44,49H,5-8,23-26H2,1-4H3. The molecule has 0 radical (unpaired) electrons. The highest BCUT2D eigenvalue weighted by Crippen LogP contribution is 2.58. The van der Waals surface area contributed by atoms with E-state index in [0.29, 0.717) is 26.2 Å². The van der Waals surface area contributed by atoms with Crippen molar-refractivity contribution in [1.82, 2.24) is 10.2 Å². The Balaban J connectivity index is 1.21. The second-order valence-corrected chi connectivity index (χ2v) is 13.0. The molecule has 5 aromatic carbocycles. The molecule has 0 aliphatic carbocycles. The van der Waals surface area contributed by atoms with Gasteiger partial charge in [-0.15, -0.1) is 0 Å². The van der Waals surface area contributed by atoms with E-state index >= 15 is 0 Å². The van der Waals surface area contributed by atoms with Gasteiger partial charge in [0.2, 0.25) is 0 Å². The Morgan fingerprint density at radius 1 is 0.765 bits per heavy atom. The van der Waals surface area contributed by atoms with E-state index in [9.17, 15) is 9.90 Å². The van der Waals surface area contributed by atoms with Crippen LogP contribution in [0.15, 0.2) is 102 Å². The van der Waals surface area contributed by atoms with Gasteiger partial charge >= 0.3 is 0 Å². The predicted molar refractivity (Wildman–Crippen MR) is 208 cm³/mol. The Hall–Kier alpha value is -5.34. The van der Waals surface area contributed by atoms with E-state index in [4.69, 9.17) is 4.74 Å². The first-order valence-electron chi connectivity index (χ1n) is 18.3. The first kappa shape index (κ1) is 34.1. The van der Waals surface area contributed by atoms with Gasteiger partial charge in [-0.3, -0.25) is 9.79 Å². The number of hydrogen-bond donors (Lipinski definition) is 2. The summed E-state index contributed by atoms with van der Waals surface area (Å²) in [5.74, 6) is 1.78. The fraction of sp³-hybridized carbons (Fsp3) is 0.302. The number of phenolic OH excluding ortho intramolecular Hbond substituents is 1. The first-order valence-corrected chi connectivity index (χ1v) is 18.3. The molecule has 2 heterocycles. The number of hydrogen-bond acceptors (Lipinski definition) is 7. The average Bonchev–Trinajstić information content (AvgIpc) is 3.40. The summed E-state index contributed by atoms with van der Waals surface area (Å²) in [5, 5.41) is 16.1. The maximum absolute atomic E-state index is 14.5. The lowest BCUT2D eigenvalue weighted by Gasteiger charge is -2.45. The smallest absolute Gasteiger partial charge is 0.255 e. The highest BCUT2D eigenvalue weighted by atomic mass is 16.5. The van der Waals surface area contributed by atoms with Gasteiger partial charge in [-0.2, -0.15) is 0 Å². The minimum atomic E-state index is -0.855. The van der Waals surface area contributed by atoms with E-state index in [1.807, 2.05) is 53.4 Å². The number of rotatable bonds is 13. The SMILES string of the molecule is CCN(CC)c1ccc2c(c1)Oc1cc(N(CC)CC)ccc1C21c2ccccc2C(=O)N1CCNCCN=Cc1c(O)ccc2ccccc12. The fourth-order valence-corrected chi connectivity index (χ4v) is 7.94. The van der Waals surface area contributed by atoms with Gasteiger partial charge in [-0.1, -0.05) is 60.7 Å². The number of nitrogens with zero attached hydrogens (tertiary/aromatic N) is 4. The van der Waals surface area contributed by atoms with Crippen LogP contribution in [0.3, 0.4) is 0 Å². The minimum absolute atomic E-state index is 0.0105. The zero-order valence-electron chi connectivity index (χ0n) is 30.0. The molecule has 51 heavy (non-hydrogen) atoms. The molecule has 0 aromatic heterocycles. The van der Waals surface area contributed by atoms with Crippen molar-refractivity contribution in [1.29, 1.82) is 0 Å². The molecule has 262 valence electrons. The number of amides is 1. The van der Waals surface area contributed by atoms with Crippen molar-refractivity contribution in [2.24, 2.45) is 4.99 Å². The number of carbonyl (C=O) groups is 1. The zero-order valence-corrected chi connectivity index (χ0v) is 30.0. The molecule has 8 nitrogen and oxygen atoms in total. The number of fused-ring (bicyclic) bond motifs is 7. The molecule has 5 aromatic rings. The van der Waals surface area contributed by atoms with E-state index < -0.39 is 5.54 Å². The van der Waals surface area contributed by atoms with Gasteiger partial charge in [0.25, 0.3) is 5.91 Å². The summed E-state index contributed by atoms with van der Waals surface area (Å²) in [6.45, 7) is 14.4. The number of carbonyl (C=O) groups excluding carboxylic acids is 1. The Labute approximate surface area is 301 Å². The van der Waals surface area contributed by atoms with Crippen LogP contribution in [0, 0.1) is 0 Å². The minimum Gasteiger partial charge on any atom is -0.507 e. The van der Waals surface area contributed by atoms with E-state index in [-0.39, 0.29) is 11.7 Å². The fourth-order valence-electron chi connectivity index (χ4n) is 7.94. The van der Waals surface area contributed by atoms with Crippen LogP contribution >= 0.6 is 0 Å². The van der Waals surface area contributed by atoms with Gasteiger partial charge in [0.05, 0.1) is 6.54 Å². The topological polar surface area (TPSA) is 80.6 Å². The molecule has 0 fully saturated rings. The molecule has 2 aliphatic heterocycles. The van der Waals surface area contributed by atoms with Gasteiger partial charge in [-0.25, -0.2) is 0 Å². The average molecular weight is 682 g/mol. The summed E-state index contributed by atoms with van der Waals surface area (Å²) >= 11 is 0. The number of benzene rings is 5. The predicted octanol–water partition coefficient (Wildman–Crippen LogP) is 7.80. The molecule has 0 bridgehead atoms. The van der Waals surface area contributed by atoms with Crippen LogP contribution in [0.5, 0.6) is 17.2 Å². The molecule has 0 atom stereocenters. The second-order valence-electron chi connectivity index (χ2n) is 13.0. The van der Waals surface area contributed by atoms with E-state index in [0.717, 1.165) is 87.6 Å². The third-order valence-corrected chi connectivity index (χ3v) is 10.5. The quantitative estimate of drug-likeness (QED) is 0.0976. The summed E-state index contributed by atoms with van der Waals surface area (Å²) in [7, 11) is 0. The van der Waals surface area contributed by atoms with Crippen LogP contribution in [-0.4, -0.2) is 74.5 Å². The maximum Gasteiger partial charge on any atom is 0.255 e. The first-order chi connectivity index (χ1) is 25.0. The summed E-state index contributed by atoms with van der Waals surface area (Å²) < 4.78 is 6.82. The van der Waals surface area contributed by atoms with Gasteiger partial charge < -0.3 is 29.9 Å². The summed E-state index contributed by atoms with van der Waals surface area (Å²) in [5.41, 5.74) is 5.70. The lowest BCUT2D eigenvalue weighted by Crippen LogP contribution is -2.49. The van der Waals surface area contributed by atoms with Crippen LogP contribution in [0.2, 0.25) is 0 Å². The van der Waals surface area contributed by atoms with Crippen LogP contribution < -0.4 is 19.9 Å². The molecule has 7 rings (SSSR count). The highest BCUT2D eigenvalue weighted by Gasteiger charge is 2.56. The van der Waals surface area contributed by atoms with Crippen molar-refractivity contribution in [3.8, 4) is 17.2 Å². The van der Waals surface area contributed by atoms with E-state index in [2.05, 4.69) is 90.3 Å². The number of anilines is 2. The Bertz CT molecular complexity index is 2020. The number of aromatic hydroxyl groups is 1. The van der Waals surface area contributed by atoms with Crippen molar-refractivity contribution in [2.45, 2.75) is 33.2 Å². The number of ether oxygens (including phenoxy) is 1. The normalized spacial score (nSPS) is 14.1. The highest BCUT2D eigenvalue weighted by molar-refractivity contribution is 6.03. The summed E-state index contributed by atoms with van der Waals surface area (Å²) in [4.78, 5) is 25.8. The summed E-state index contributed by atoms with van der Waals surface area (Å²) in [6.07, 6.45) is 1.75. The monoisotopic (exact) mass is 681 g/mol. The zero-order chi connectivity index (χ0) is 35.5.